The minimum atomic E-state index is -0.0603. The van der Waals surface area contributed by atoms with Crippen LogP contribution in [0, 0.1) is 11.3 Å². The van der Waals surface area contributed by atoms with Crippen LogP contribution in [0.5, 0.6) is 0 Å². The molecular formula is C23H38N2O2. The molecule has 1 N–H and O–H groups in total. The maximum Gasteiger partial charge on any atom is 0.0589 e. The van der Waals surface area contributed by atoms with Gasteiger partial charge in [-0.1, -0.05) is 38.1 Å². The van der Waals surface area contributed by atoms with E-state index >= 15 is 0 Å². The van der Waals surface area contributed by atoms with Gasteiger partial charge in [0.1, 0.15) is 0 Å². The summed E-state index contributed by atoms with van der Waals surface area (Å²) in [7, 11) is 1.77. The number of methoxy groups -OCH3 is 1. The predicted molar refractivity (Wildman–Crippen MR) is 111 cm³/mol. The average molecular weight is 375 g/mol. The van der Waals surface area contributed by atoms with Gasteiger partial charge in [0.2, 0.25) is 0 Å². The minimum absolute atomic E-state index is 0.0603. The minimum Gasteiger partial charge on any atom is -0.396 e. The Kier molecular flexibility index (Phi) is 7.32. The van der Waals surface area contributed by atoms with E-state index in [-0.39, 0.29) is 12.0 Å². The number of piperidine rings is 1. The second-order valence-electron chi connectivity index (χ2n) is 9.38. The first kappa shape index (κ1) is 20.8. The molecule has 1 atom stereocenters. The van der Waals surface area contributed by atoms with Crippen molar-refractivity contribution in [2.24, 2.45) is 11.3 Å². The molecule has 1 aromatic rings. The lowest BCUT2D eigenvalue weighted by molar-refractivity contribution is 0.0527. The Morgan fingerprint density at radius 1 is 1.22 bits per heavy atom. The molecule has 0 aromatic heterocycles. The van der Waals surface area contributed by atoms with Crippen LogP contribution in [0.2, 0.25) is 0 Å². The van der Waals surface area contributed by atoms with Crippen LogP contribution in [0.3, 0.4) is 0 Å². The highest BCUT2D eigenvalue weighted by molar-refractivity contribution is 5.33. The van der Waals surface area contributed by atoms with E-state index in [2.05, 4.69) is 47.9 Å². The lowest BCUT2D eigenvalue weighted by Gasteiger charge is -2.40. The van der Waals surface area contributed by atoms with Gasteiger partial charge in [-0.25, -0.2) is 0 Å². The number of aliphatic hydroxyl groups excluding tert-OH is 1. The number of hydrogen-bond acceptors (Lipinski definition) is 4. The van der Waals surface area contributed by atoms with Crippen LogP contribution in [0.4, 0.5) is 0 Å². The first-order valence-corrected chi connectivity index (χ1v) is 10.6. The molecule has 152 valence electrons. The van der Waals surface area contributed by atoms with Gasteiger partial charge in [-0.2, -0.15) is 0 Å². The lowest BCUT2D eigenvalue weighted by atomic mass is 9.91. The number of aliphatic hydroxyl groups is 1. The molecule has 4 nitrogen and oxygen atoms in total. The number of nitrogens with zero attached hydrogens (tertiary/aromatic N) is 2. The van der Waals surface area contributed by atoms with Crippen molar-refractivity contribution in [3.8, 4) is 0 Å². The normalized spacial score (nSPS) is 21.7. The molecule has 1 unspecified atom stereocenters. The molecular weight excluding hydrogens is 336 g/mol. The largest absolute Gasteiger partial charge is 0.396 e. The number of rotatable bonds is 9. The van der Waals surface area contributed by atoms with Gasteiger partial charge in [0.05, 0.1) is 6.61 Å². The van der Waals surface area contributed by atoms with Crippen molar-refractivity contribution in [3.63, 3.8) is 0 Å². The van der Waals surface area contributed by atoms with E-state index in [1.165, 1.54) is 38.8 Å². The summed E-state index contributed by atoms with van der Waals surface area (Å²) in [6.45, 7) is 10.7. The molecule has 1 aromatic carbocycles. The third-order valence-electron chi connectivity index (χ3n) is 6.30. The molecule has 4 heteroatoms. The number of likely N-dealkylation sites (tertiary alicyclic amines) is 1. The Morgan fingerprint density at radius 3 is 2.56 bits per heavy atom. The van der Waals surface area contributed by atoms with Crippen LogP contribution in [0.25, 0.3) is 0 Å². The van der Waals surface area contributed by atoms with Crippen LogP contribution in [-0.4, -0.2) is 74.0 Å². The molecule has 0 radical (unpaired) electrons. The van der Waals surface area contributed by atoms with Crippen LogP contribution in [0.15, 0.2) is 24.3 Å². The van der Waals surface area contributed by atoms with Gasteiger partial charge in [0.15, 0.2) is 0 Å². The number of hydrogen-bond donors (Lipinski definition) is 1. The molecule has 27 heavy (non-hydrogen) atoms. The van der Waals surface area contributed by atoms with Crippen molar-refractivity contribution in [3.05, 3.63) is 35.4 Å². The monoisotopic (exact) mass is 374 g/mol. The number of ether oxygens (including phenoxy) is 1. The summed E-state index contributed by atoms with van der Waals surface area (Å²) in [6, 6.07) is 9.65. The predicted octanol–water partition coefficient (Wildman–Crippen LogP) is 2.83. The molecule has 1 saturated heterocycles. The molecule has 1 aliphatic carbocycles. The zero-order chi connectivity index (χ0) is 19.3. The zero-order valence-corrected chi connectivity index (χ0v) is 17.5. The smallest absolute Gasteiger partial charge is 0.0589 e. The summed E-state index contributed by atoms with van der Waals surface area (Å²) in [5, 5.41) is 9.68. The van der Waals surface area contributed by atoms with E-state index in [1.807, 2.05) is 0 Å². The van der Waals surface area contributed by atoms with E-state index < -0.39 is 0 Å². The second-order valence-corrected chi connectivity index (χ2v) is 9.38. The van der Waals surface area contributed by atoms with Gasteiger partial charge in [-0.05, 0) is 49.3 Å². The van der Waals surface area contributed by atoms with Gasteiger partial charge >= 0.3 is 0 Å². The highest BCUT2D eigenvalue weighted by Gasteiger charge is 2.31. The highest BCUT2D eigenvalue weighted by atomic mass is 16.5. The van der Waals surface area contributed by atoms with Crippen LogP contribution < -0.4 is 0 Å². The van der Waals surface area contributed by atoms with Crippen LogP contribution in [-0.2, 0) is 17.6 Å². The Labute approximate surface area is 165 Å². The zero-order valence-electron chi connectivity index (χ0n) is 17.5. The molecule has 0 saturated carbocycles. The molecule has 0 amide bonds. The van der Waals surface area contributed by atoms with Crippen molar-refractivity contribution in [2.45, 2.75) is 45.6 Å². The van der Waals surface area contributed by atoms with Gasteiger partial charge in [-0.15, -0.1) is 0 Å². The van der Waals surface area contributed by atoms with E-state index in [9.17, 15) is 5.11 Å². The third-order valence-corrected chi connectivity index (χ3v) is 6.30. The third kappa shape index (κ3) is 5.77. The van der Waals surface area contributed by atoms with E-state index in [0.29, 0.717) is 12.0 Å². The van der Waals surface area contributed by atoms with Crippen molar-refractivity contribution >= 4 is 0 Å². The van der Waals surface area contributed by atoms with Crippen LogP contribution >= 0.6 is 0 Å². The fourth-order valence-corrected chi connectivity index (χ4v) is 4.85. The molecule has 1 fully saturated rings. The second kappa shape index (κ2) is 9.51. The Balaban J connectivity index is 1.56. The Morgan fingerprint density at radius 2 is 1.93 bits per heavy atom. The average Bonchev–Trinajstić information content (AvgIpc) is 3.10. The fourth-order valence-electron chi connectivity index (χ4n) is 4.85. The van der Waals surface area contributed by atoms with Gasteiger partial charge in [0.25, 0.3) is 0 Å². The van der Waals surface area contributed by atoms with E-state index in [1.54, 1.807) is 18.2 Å². The first-order valence-electron chi connectivity index (χ1n) is 10.6. The van der Waals surface area contributed by atoms with E-state index in [0.717, 1.165) is 26.2 Å². The molecule has 0 spiro atoms. The van der Waals surface area contributed by atoms with Crippen molar-refractivity contribution in [1.29, 1.82) is 0 Å². The van der Waals surface area contributed by atoms with Gasteiger partial charge in [-0.3, -0.25) is 4.90 Å². The quantitative estimate of drug-likeness (QED) is 0.721. The van der Waals surface area contributed by atoms with Crippen molar-refractivity contribution in [2.75, 3.05) is 53.0 Å². The van der Waals surface area contributed by atoms with Gasteiger partial charge < -0.3 is 14.7 Å². The first-order chi connectivity index (χ1) is 13.0. The summed E-state index contributed by atoms with van der Waals surface area (Å²) < 4.78 is 5.33. The van der Waals surface area contributed by atoms with Crippen molar-refractivity contribution < 1.29 is 9.84 Å². The van der Waals surface area contributed by atoms with E-state index in [4.69, 9.17) is 4.74 Å². The lowest BCUT2D eigenvalue weighted by Crippen LogP contribution is -2.48. The summed E-state index contributed by atoms with van der Waals surface area (Å²) in [5.74, 6) is 0.716. The summed E-state index contributed by atoms with van der Waals surface area (Å²) in [6.07, 6.45) is 5.06. The van der Waals surface area contributed by atoms with Gasteiger partial charge in [0, 0.05) is 51.4 Å². The Hall–Kier alpha value is -0.940. The summed E-state index contributed by atoms with van der Waals surface area (Å²) in [4.78, 5) is 5.26. The standard InChI is InChI=1S/C23H38N2O2/c1-23(2,18-26)17-24(11-12-27-3)15-19-7-6-10-25(16-19)22-13-20-8-4-5-9-21(20)14-22/h4-5,8-9,19,22,26H,6-7,10-18H2,1-3H3. The molecule has 1 aliphatic heterocycles. The SMILES string of the molecule is COCCN(CC1CCCN(C2Cc3ccccc3C2)C1)CC(C)(C)CO. The fraction of sp³-hybridized carbons (Fsp3) is 0.739. The Bertz CT molecular complexity index is 564. The number of benzene rings is 1. The molecule has 3 rings (SSSR count). The number of fused-ring (bicyclic) bond motifs is 1. The maximum absolute atomic E-state index is 9.68. The molecule has 2 aliphatic rings. The summed E-state index contributed by atoms with van der Waals surface area (Å²) in [5.41, 5.74) is 3.04. The highest BCUT2D eigenvalue weighted by Crippen LogP contribution is 2.29. The van der Waals surface area contributed by atoms with Crippen LogP contribution in [0.1, 0.15) is 37.8 Å². The topological polar surface area (TPSA) is 35.9 Å². The maximum atomic E-state index is 9.68. The molecule has 0 bridgehead atoms. The summed E-state index contributed by atoms with van der Waals surface area (Å²) >= 11 is 0. The van der Waals surface area contributed by atoms with Crippen molar-refractivity contribution in [1.82, 2.24) is 9.80 Å². The molecule has 1 heterocycles.